The summed E-state index contributed by atoms with van der Waals surface area (Å²) in [6, 6.07) is 0. The first kappa shape index (κ1) is 12.3. The maximum Gasteiger partial charge on any atom is 0.161 e. The Kier molecular flexibility index (Phi) is 3.35. The molecule has 0 aliphatic carbocycles. The SMILES string of the molecule is Cc1c(Cl)nc(C(C)C)nc1-n1cc(Cl)cn1. The van der Waals surface area contributed by atoms with Crippen LogP contribution >= 0.6 is 23.2 Å². The molecule has 0 saturated heterocycles. The highest BCUT2D eigenvalue weighted by Crippen LogP contribution is 2.22. The highest BCUT2D eigenvalue weighted by Gasteiger charge is 2.13. The van der Waals surface area contributed by atoms with E-state index in [1.54, 1.807) is 17.1 Å². The fraction of sp³-hybridized carbons (Fsp3) is 0.364. The van der Waals surface area contributed by atoms with E-state index in [9.17, 15) is 0 Å². The third kappa shape index (κ3) is 2.42. The lowest BCUT2D eigenvalue weighted by Gasteiger charge is -2.10. The van der Waals surface area contributed by atoms with Crippen LogP contribution in [0.1, 0.15) is 31.2 Å². The third-order valence-corrected chi connectivity index (χ3v) is 2.93. The van der Waals surface area contributed by atoms with E-state index in [1.165, 1.54) is 0 Å². The minimum absolute atomic E-state index is 0.206. The van der Waals surface area contributed by atoms with E-state index in [1.807, 2.05) is 20.8 Å². The molecule has 0 amide bonds. The maximum absolute atomic E-state index is 6.09. The van der Waals surface area contributed by atoms with Crippen LogP contribution in [0.4, 0.5) is 0 Å². The molecule has 0 saturated carbocycles. The van der Waals surface area contributed by atoms with Crippen molar-refractivity contribution in [2.45, 2.75) is 26.7 Å². The van der Waals surface area contributed by atoms with Crippen LogP contribution in [0.2, 0.25) is 10.2 Å². The predicted molar refractivity (Wildman–Crippen MR) is 68.0 cm³/mol. The van der Waals surface area contributed by atoms with E-state index in [4.69, 9.17) is 23.2 Å². The molecule has 4 nitrogen and oxygen atoms in total. The van der Waals surface area contributed by atoms with Gasteiger partial charge in [0.25, 0.3) is 0 Å². The monoisotopic (exact) mass is 270 g/mol. The van der Waals surface area contributed by atoms with Gasteiger partial charge >= 0.3 is 0 Å². The summed E-state index contributed by atoms with van der Waals surface area (Å²) >= 11 is 11.9. The highest BCUT2D eigenvalue weighted by molar-refractivity contribution is 6.30. The first-order chi connectivity index (χ1) is 7.99. The van der Waals surface area contributed by atoms with E-state index in [-0.39, 0.29) is 5.92 Å². The molecule has 2 aromatic heterocycles. The van der Waals surface area contributed by atoms with E-state index in [0.717, 1.165) is 5.56 Å². The summed E-state index contributed by atoms with van der Waals surface area (Å²) < 4.78 is 1.61. The summed E-state index contributed by atoms with van der Waals surface area (Å²) in [5.74, 6) is 1.57. The molecule has 2 aromatic rings. The van der Waals surface area contributed by atoms with Crippen molar-refractivity contribution < 1.29 is 0 Å². The van der Waals surface area contributed by atoms with Crippen LogP contribution < -0.4 is 0 Å². The van der Waals surface area contributed by atoms with Crippen molar-refractivity contribution in [3.05, 3.63) is 34.0 Å². The smallest absolute Gasteiger partial charge is 0.161 e. The zero-order valence-corrected chi connectivity index (χ0v) is 11.3. The van der Waals surface area contributed by atoms with Gasteiger partial charge in [0.1, 0.15) is 11.0 Å². The van der Waals surface area contributed by atoms with Crippen molar-refractivity contribution >= 4 is 23.2 Å². The second-order valence-electron chi connectivity index (χ2n) is 4.08. The Balaban J connectivity index is 2.60. The van der Waals surface area contributed by atoms with Crippen LogP contribution in [0.15, 0.2) is 12.4 Å². The zero-order chi connectivity index (χ0) is 12.6. The van der Waals surface area contributed by atoms with Gasteiger partial charge in [-0.05, 0) is 6.92 Å². The van der Waals surface area contributed by atoms with E-state index >= 15 is 0 Å². The largest absolute Gasteiger partial charge is 0.221 e. The van der Waals surface area contributed by atoms with Crippen LogP contribution in [0, 0.1) is 6.92 Å². The minimum Gasteiger partial charge on any atom is -0.221 e. The molecule has 2 heterocycles. The van der Waals surface area contributed by atoms with Crippen LogP contribution in [0.5, 0.6) is 0 Å². The summed E-state index contributed by atoms with van der Waals surface area (Å²) in [5.41, 5.74) is 0.788. The molecule has 2 rings (SSSR count). The Morgan fingerprint density at radius 3 is 2.47 bits per heavy atom. The fourth-order valence-electron chi connectivity index (χ4n) is 1.39. The average molecular weight is 271 g/mol. The van der Waals surface area contributed by atoms with Crippen molar-refractivity contribution in [2.24, 2.45) is 0 Å². The molecule has 90 valence electrons. The molecular weight excluding hydrogens is 259 g/mol. The first-order valence-electron chi connectivity index (χ1n) is 5.23. The quantitative estimate of drug-likeness (QED) is 0.786. The van der Waals surface area contributed by atoms with Crippen molar-refractivity contribution in [1.29, 1.82) is 0 Å². The molecule has 0 aromatic carbocycles. The van der Waals surface area contributed by atoms with Crippen LogP contribution in [0.25, 0.3) is 5.82 Å². The second-order valence-corrected chi connectivity index (χ2v) is 4.87. The molecule has 0 aliphatic rings. The highest BCUT2D eigenvalue weighted by atomic mass is 35.5. The summed E-state index contributed by atoms with van der Waals surface area (Å²) in [6.07, 6.45) is 3.25. The van der Waals surface area contributed by atoms with Gasteiger partial charge in [-0.2, -0.15) is 5.10 Å². The topological polar surface area (TPSA) is 43.6 Å². The van der Waals surface area contributed by atoms with Gasteiger partial charge in [-0.15, -0.1) is 0 Å². The lowest BCUT2D eigenvalue weighted by Crippen LogP contribution is -2.08. The summed E-state index contributed by atoms with van der Waals surface area (Å²) in [5, 5.41) is 5.13. The number of rotatable bonds is 2. The van der Waals surface area contributed by atoms with Crippen LogP contribution in [0.3, 0.4) is 0 Å². The van der Waals surface area contributed by atoms with Gasteiger partial charge in [0.05, 0.1) is 17.4 Å². The zero-order valence-electron chi connectivity index (χ0n) is 9.78. The molecule has 0 bridgehead atoms. The maximum atomic E-state index is 6.09. The number of nitrogens with zero attached hydrogens (tertiary/aromatic N) is 4. The van der Waals surface area contributed by atoms with Crippen molar-refractivity contribution in [2.75, 3.05) is 0 Å². The predicted octanol–water partition coefficient (Wildman–Crippen LogP) is 3.40. The second kappa shape index (κ2) is 4.63. The van der Waals surface area contributed by atoms with Crippen LogP contribution in [-0.2, 0) is 0 Å². The third-order valence-electron chi connectivity index (χ3n) is 2.36. The minimum atomic E-state index is 0.206. The Morgan fingerprint density at radius 2 is 1.94 bits per heavy atom. The van der Waals surface area contributed by atoms with E-state index in [2.05, 4.69) is 15.1 Å². The number of hydrogen-bond donors (Lipinski definition) is 0. The van der Waals surface area contributed by atoms with Gasteiger partial charge in [-0.3, -0.25) is 0 Å². The van der Waals surface area contributed by atoms with Gasteiger partial charge < -0.3 is 0 Å². The van der Waals surface area contributed by atoms with Crippen LogP contribution in [-0.4, -0.2) is 19.7 Å². The Morgan fingerprint density at radius 1 is 1.24 bits per heavy atom. The molecular formula is C11H12Cl2N4. The van der Waals surface area contributed by atoms with Gasteiger partial charge in [0, 0.05) is 11.5 Å². The first-order valence-corrected chi connectivity index (χ1v) is 5.99. The molecule has 0 unspecified atom stereocenters. The van der Waals surface area contributed by atoms with Gasteiger partial charge in [-0.25, -0.2) is 14.6 Å². The van der Waals surface area contributed by atoms with Crippen molar-refractivity contribution in [1.82, 2.24) is 19.7 Å². The van der Waals surface area contributed by atoms with Crippen molar-refractivity contribution in [3.63, 3.8) is 0 Å². The molecule has 17 heavy (non-hydrogen) atoms. The summed E-state index contributed by atoms with van der Waals surface area (Å²) in [7, 11) is 0. The van der Waals surface area contributed by atoms with Gasteiger partial charge in [0.15, 0.2) is 5.82 Å². The standard InChI is InChI=1S/C11H12Cl2N4/c1-6(2)10-15-9(13)7(3)11(16-10)17-5-8(12)4-14-17/h4-6H,1-3H3. The Hall–Kier alpha value is -1.13. The number of hydrogen-bond acceptors (Lipinski definition) is 3. The number of aromatic nitrogens is 4. The van der Waals surface area contributed by atoms with Gasteiger partial charge in [0.2, 0.25) is 0 Å². The molecule has 0 atom stereocenters. The lowest BCUT2D eigenvalue weighted by atomic mass is 10.2. The average Bonchev–Trinajstić information content (AvgIpc) is 2.68. The number of halogens is 2. The summed E-state index contributed by atoms with van der Waals surface area (Å²) in [6.45, 7) is 5.89. The fourth-order valence-corrected chi connectivity index (χ4v) is 1.70. The molecule has 0 N–H and O–H groups in total. The van der Waals surface area contributed by atoms with Crippen molar-refractivity contribution in [3.8, 4) is 5.82 Å². The molecule has 0 spiro atoms. The molecule has 6 heteroatoms. The lowest BCUT2D eigenvalue weighted by molar-refractivity contribution is 0.740. The van der Waals surface area contributed by atoms with E-state index in [0.29, 0.717) is 21.8 Å². The molecule has 0 radical (unpaired) electrons. The molecule has 0 fully saturated rings. The Labute approximate surface area is 110 Å². The normalized spacial score (nSPS) is 11.2. The summed E-state index contributed by atoms with van der Waals surface area (Å²) in [4.78, 5) is 8.71. The molecule has 0 aliphatic heterocycles. The van der Waals surface area contributed by atoms with E-state index < -0.39 is 0 Å². The van der Waals surface area contributed by atoms with Gasteiger partial charge in [-0.1, -0.05) is 37.0 Å². The Bertz CT molecular complexity index is 548.